The van der Waals surface area contributed by atoms with Gasteiger partial charge in [0.25, 0.3) is 0 Å². The SMILES string of the molecule is Cc1cccc(Cn2c(C)c(C)[n+]3cccc(OCc4ccccc4)c23)c1. The third-order valence-electron chi connectivity index (χ3n) is 5.14. The van der Waals surface area contributed by atoms with Crippen LogP contribution in [0.3, 0.4) is 0 Å². The smallest absolute Gasteiger partial charge is 0.329 e. The van der Waals surface area contributed by atoms with Gasteiger partial charge in [0.2, 0.25) is 5.75 Å². The van der Waals surface area contributed by atoms with Gasteiger partial charge in [0.15, 0.2) is 0 Å². The molecule has 0 fully saturated rings. The molecule has 4 aromatic rings. The minimum Gasteiger partial charge on any atom is -0.481 e. The molecule has 0 saturated heterocycles. The van der Waals surface area contributed by atoms with Crippen LogP contribution in [0.5, 0.6) is 5.75 Å². The Hall–Kier alpha value is -3.07. The molecule has 0 unspecified atom stereocenters. The lowest BCUT2D eigenvalue weighted by Gasteiger charge is -2.08. The van der Waals surface area contributed by atoms with E-state index in [2.05, 4.69) is 84.5 Å². The standard InChI is InChI=1S/C24H25N2O/c1-18-9-7-12-22(15-18)16-26-20(3)19(2)25-14-8-13-23(24(25)26)27-17-21-10-5-4-6-11-21/h4-15H,16-17H2,1-3H3/q+1. The highest BCUT2D eigenvalue weighted by molar-refractivity contribution is 5.51. The number of fused-ring (bicyclic) bond motifs is 1. The molecule has 0 saturated carbocycles. The molecule has 3 heteroatoms. The van der Waals surface area contributed by atoms with Gasteiger partial charge in [-0.1, -0.05) is 60.2 Å². The predicted molar refractivity (Wildman–Crippen MR) is 108 cm³/mol. The first kappa shape index (κ1) is 17.3. The summed E-state index contributed by atoms with van der Waals surface area (Å²) < 4.78 is 10.8. The van der Waals surface area contributed by atoms with E-state index in [1.807, 2.05) is 18.2 Å². The van der Waals surface area contributed by atoms with E-state index in [0.717, 1.165) is 17.9 Å². The molecule has 0 spiro atoms. The summed E-state index contributed by atoms with van der Waals surface area (Å²) in [5.74, 6) is 0.908. The van der Waals surface area contributed by atoms with Gasteiger partial charge in [-0.05, 0) is 30.2 Å². The van der Waals surface area contributed by atoms with Gasteiger partial charge in [0.05, 0.1) is 6.20 Å². The van der Waals surface area contributed by atoms with Crippen LogP contribution in [-0.4, -0.2) is 4.57 Å². The van der Waals surface area contributed by atoms with Crippen LogP contribution >= 0.6 is 0 Å². The number of hydrogen-bond acceptors (Lipinski definition) is 1. The number of rotatable bonds is 5. The lowest BCUT2D eigenvalue weighted by atomic mass is 10.1. The van der Waals surface area contributed by atoms with Gasteiger partial charge in [0, 0.05) is 13.8 Å². The van der Waals surface area contributed by atoms with Crippen LogP contribution in [-0.2, 0) is 13.2 Å². The Labute approximate surface area is 160 Å². The highest BCUT2D eigenvalue weighted by atomic mass is 16.5. The fourth-order valence-electron chi connectivity index (χ4n) is 3.58. The molecular weight excluding hydrogens is 332 g/mol. The molecule has 0 bridgehead atoms. The number of nitrogens with zero attached hydrogens (tertiary/aromatic N) is 2. The van der Waals surface area contributed by atoms with Crippen molar-refractivity contribution in [3.05, 3.63) is 101 Å². The van der Waals surface area contributed by atoms with E-state index in [1.165, 1.54) is 28.1 Å². The second-order valence-electron chi connectivity index (χ2n) is 7.09. The highest BCUT2D eigenvalue weighted by Gasteiger charge is 2.23. The Morgan fingerprint density at radius 3 is 2.41 bits per heavy atom. The second kappa shape index (κ2) is 7.28. The van der Waals surface area contributed by atoms with Crippen molar-refractivity contribution >= 4 is 5.65 Å². The number of pyridine rings is 1. The van der Waals surface area contributed by atoms with Gasteiger partial charge in [-0.15, -0.1) is 0 Å². The third kappa shape index (κ3) is 3.45. The lowest BCUT2D eigenvalue weighted by Crippen LogP contribution is -2.23. The van der Waals surface area contributed by atoms with Crippen LogP contribution in [0.1, 0.15) is 28.1 Å². The Morgan fingerprint density at radius 1 is 0.852 bits per heavy atom. The number of hydrogen-bond donors (Lipinski definition) is 0. The number of benzene rings is 2. The van der Waals surface area contributed by atoms with E-state index < -0.39 is 0 Å². The Balaban J connectivity index is 1.75. The van der Waals surface area contributed by atoms with Crippen molar-refractivity contribution in [1.29, 1.82) is 0 Å². The van der Waals surface area contributed by atoms with Crippen molar-refractivity contribution in [2.24, 2.45) is 0 Å². The molecule has 2 aromatic heterocycles. The zero-order valence-electron chi connectivity index (χ0n) is 16.1. The molecule has 3 nitrogen and oxygen atoms in total. The molecule has 2 aromatic carbocycles. The maximum absolute atomic E-state index is 6.23. The van der Waals surface area contributed by atoms with Crippen molar-refractivity contribution in [3.8, 4) is 5.75 Å². The summed E-state index contributed by atoms with van der Waals surface area (Å²) in [5, 5.41) is 0. The zero-order valence-corrected chi connectivity index (χ0v) is 16.1. The van der Waals surface area contributed by atoms with E-state index in [-0.39, 0.29) is 0 Å². The van der Waals surface area contributed by atoms with E-state index in [4.69, 9.17) is 4.74 Å². The second-order valence-corrected chi connectivity index (χ2v) is 7.09. The number of ether oxygens (including phenoxy) is 1. The summed E-state index contributed by atoms with van der Waals surface area (Å²) >= 11 is 0. The molecule has 2 heterocycles. The topological polar surface area (TPSA) is 18.3 Å². The van der Waals surface area contributed by atoms with Crippen molar-refractivity contribution in [1.82, 2.24) is 4.57 Å². The molecule has 136 valence electrons. The first-order chi connectivity index (χ1) is 13.1. The maximum Gasteiger partial charge on any atom is 0.329 e. The molecule has 0 amide bonds. The zero-order chi connectivity index (χ0) is 18.8. The normalized spacial score (nSPS) is 11.1. The summed E-state index contributed by atoms with van der Waals surface area (Å²) in [5.41, 5.74) is 7.35. The summed E-state index contributed by atoms with van der Waals surface area (Å²) in [6, 6.07) is 23.1. The van der Waals surface area contributed by atoms with Crippen LogP contribution < -0.4 is 9.14 Å². The molecule has 0 aliphatic heterocycles. The van der Waals surface area contributed by atoms with Crippen molar-refractivity contribution in [3.63, 3.8) is 0 Å². The van der Waals surface area contributed by atoms with Crippen LogP contribution in [0.4, 0.5) is 0 Å². The Morgan fingerprint density at radius 2 is 1.63 bits per heavy atom. The van der Waals surface area contributed by atoms with Crippen LogP contribution in [0.25, 0.3) is 5.65 Å². The number of imidazole rings is 1. The highest BCUT2D eigenvalue weighted by Crippen LogP contribution is 2.23. The maximum atomic E-state index is 6.23. The summed E-state index contributed by atoms with van der Waals surface area (Å²) in [6.45, 7) is 7.87. The molecule has 27 heavy (non-hydrogen) atoms. The summed E-state index contributed by atoms with van der Waals surface area (Å²) in [6.07, 6.45) is 2.11. The van der Waals surface area contributed by atoms with Crippen molar-refractivity contribution in [2.75, 3.05) is 0 Å². The van der Waals surface area contributed by atoms with E-state index in [1.54, 1.807) is 0 Å². The van der Waals surface area contributed by atoms with E-state index in [9.17, 15) is 0 Å². The van der Waals surface area contributed by atoms with Crippen LogP contribution in [0.2, 0.25) is 0 Å². The van der Waals surface area contributed by atoms with Gasteiger partial charge in [-0.3, -0.25) is 0 Å². The Kier molecular flexibility index (Phi) is 4.68. The molecule has 0 N–H and O–H groups in total. The first-order valence-electron chi connectivity index (χ1n) is 9.36. The fraction of sp³-hybridized carbons (Fsp3) is 0.208. The van der Waals surface area contributed by atoms with Gasteiger partial charge in [-0.2, -0.15) is 4.40 Å². The van der Waals surface area contributed by atoms with Gasteiger partial charge in [0.1, 0.15) is 24.5 Å². The largest absolute Gasteiger partial charge is 0.481 e. The molecule has 0 aliphatic carbocycles. The summed E-state index contributed by atoms with van der Waals surface area (Å²) in [4.78, 5) is 0. The third-order valence-corrected chi connectivity index (χ3v) is 5.14. The molecular formula is C24H25N2O+. The molecule has 4 rings (SSSR count). The molecule has 0 aliphatic rings. The summed E-state index contributed by atoms with van der Waals surface area (Å²) in [7, 11) is 0. The van der Waals surface area contributed by atoms with Crippen LogP contribution in [0, 0.1) is 20.8 Å². The van der Waals surface area contributed by atoms with Gasteiger partial charge < -0.3 is 4.74 Å². The van der Waals surface area contributed by atoms with Crippen LogP contribution in [0.15, 0.2) is 72.9 Å². The average Bonchev–Trinajstić information content (AvgIpc) is 2.93. The average molecular weight is 357 g/mol. The fourth-order valence-corrected chi connectivity index (χ4v) is 3.58. The van der Waals surface area contributed by atoms with E-state index in [0.29, 0.717) is 6.61 Å². The van der Waals surface area contributed by atoms with Gasteiger partial charge >= 0.3 is 5.65 Å². The molecule has 0 atom stereocenters. The van der Waals surface area contributed by atoms with Gasteiger partial charge in [-0.25, -0.2) is 4.57 Å². The van der Waals surface area contributed by atoms with Crippen molar-refractivity contribution < 1.29 is 9.14 Å². The number of aromatic nitrogens is 2. The minimum absolute atomic E-state index is 0.564. The molecule has 0 radical (unpaired) electrons. The quantitative estimate of drug-likeness (QED) is 0.470. The Bertz CT molecular complexity index is 1080. The van der Waals surface area contributed by atoms with E-state index >= 15 is 0 Å². The predicted octanol–water partition coefficient (Wildman–Crippen LogP) is 4.78. The van der Waals surface area contributed by atoms with Crippen molar-refractivity contribution in [2.45, 2.75) is 33.9 Å². The number of aryl methyl sites for hydroxylation is 2. The first-order valence-corrected chi connectivity index (χ1v) is 9.36. The monoisotopic (exact) mass is 357 g/mol. The lowest BCUT2D eigenvalue weighted by molar-refractivity contribution is -0.519. The minimum atomic E-state index is 0.564.